The van der Waals surface area contributed by atoms with Crippen molar-refractivity contribution in [2.75, 3.05) is 0 Å². The van der Waals surface area contributed by atoms with E-state index in [1.807, 2.05) is 0 Å². The van der Waals surface area contributed by atoms with E-state index in [0.717, 1.165) is 25.2 Å². The summed E-state index contributed by atoms with van der Waals surface area (Å²) in [5.41, 5.74) is 0.00227. The van der Waals surface area contributed by atoms with Gasteiger partial charge in [-0.3, -0.25) is 0 Å². The second-order valence-electron chi connectivity index (χ2n) is 5.37. The summed E-state index contributed by atoms with van der Waals surface area (Å²) in [6, 6.07) is 0.202. The van der Waals surface area contributed by atoms with Crippen LogP contribution in [0.5, 0.6) is 0 Å². The van der Waals surface area contributed by atoms with Crippen molar-refractivity contribution in [1.29, 1.82) is 0 Å². The van der Waals surface area contributed by atoms with Gasteiger partial charge in [-0.05, 0) is 19.3 Å². The van der Waals surface area contributed by atoms with Crippen LogP contribution in [0.2, 0.25) is 0 Å². The highest BCUT2D eigenvalue weighted by Gasteiger charge is 2.39. The number of aliphatic hydroxyl groups excluding tert-OH is 1. The Balaban J connectivity index is 2.09. The number of nitrogens with zero attached hydrogens (tertiary/aromatic N) is 1. The first-order chi connectivity index (χ1) is 6.47. The fourth-order valence-electron chi connectivity index (χ4n) is 2.07. The molecule has 3 nitrogen and oxygen atoms in total. The Bertz CT molecular complexity index is 255. The largest absolute Gasteiger partial charge is 0.475 e. The fourth-order valence-corrected chi connectivity index (χ4v) is 2.07. The van der Waals surface area contributed by atoms with Gasteiger partial charge in [-0.25, -0.2) is 4.99 Å². The van der Waals surface area contributed by atoms with Crippen LogP contribution >= 0.6 is 0 Å². The number of hydrogen-bond acceptors (Lipinski definition) is 3. The van der Waals surface area contributed by atoms with E-state index in [9.17, 15) is 5.11 Å². The Morgan fingerprint density at radius 2 is 2.07 bits per heavy atom. The molecule has 0 bridgehead atoms. The average molecular weight is 197 g/mol. The molecule has 2 aliphatic rings. The zero-order chi connectivity index (χ0) is 10.3. The summed E-state index contributed by atoms with van der Waals surface area (Å²) < 4.78 is 5.82. The number of hydrogen-bond donors (Lipinski definition) is 1. The second-order valence-corrected chi connectivity index (χ2v) is 5.37. The SMILES string of the molecule is CC(C)(C)C1=NC2CC(O)CCC2O1. The molecule has 3 atom stereocenters. The molecule has 3 heteroatoms. The van der Waals surface area contributed by atoms with E-state index in [4.69, 9.17) is 4.74 Å². The zero-order valence-corrected chi connectivity index (χ0v) is 9.16. The molecule has 1 heterocycles. The van der Waals surface area contributed by atoms with Gasteiger partial charge in [-0.2, -0.15) is 0 Å². The van der Waals surface area contributed by atoms with Gasteiger partial charge in [0.25, 0.3) is 0 Å². The van der Waals surface area contributed by atoms with Gasteiger partial charge in [0.05, 0.1) is 12.1 Å². The number of aliphatic hydroxyl groups is 1. The molecule has 2 rings (SSSR count). The molecule has 0 radical (unpaired) electrons. The first kappa shape index (κ1) is 9.97. The highest BCUT2D eigenvalue weighted by molar-refractivity contribution is 5.83. The van der Waals surface area contributed by atoms with E-state index in [2.05, 4.69) is 25.8 Å². The van der Waals surface area contributed by atoms with Gasteiger partial charge in [0.2, 0.25) is 0 Å². The predicted octanol–water partition coefficient (Wildman–Crippen LogP) is 1.74. The standard InChI is InChI=1S/C11H19NO2/c1-11(2,3)10-12-8-6-7(13)4-5-9(8)14-10/h7-9,13H,4-6H2,1-3H3. The average Bonchev–Trinajstić information content (AvgIpc) is 2.45. The molecule has 0 aromatic heterocycles. The maximum absolute atomic E-state index is 9.52. The molecule has 0 amide bonds. The van der Waals surface area contributed by atoms with Crippen LogP contribution in [0.3, 0.4) is 0 Å². The first-order valence-electron chi connectivity index (χ1n) is 5.40. The quantitative estimate of drug-likeness (QED) is 0.642. The van der Waals surface area contributed by atoms with E-state index >= 15 is 0 Å². The molecule has 1 aliphatic carbocycles. The Morgan fingerprint density at radius 1 is 1.36 bits per heavy atom. The summed E-state index contributed by atoms with van der Waals surface area (Å²) in [6.07, 6.45) is 2.61. The van der Waals surface area contributed by atoms with Crippen molar-refractivity contribution in [3.05, 3.63) is 0 Å². The summed E-state index contributed by atoms with van der Waals surface area (Å²) in [7, 11) is 0. The van der Waals surface area contributed by atoms with Crippen LogP contribution in [-0.2, 0) is 4.74 Å². The van der Waals surface area contributed by atoms with Gasteiger partial charge in [-0.15, -0.1) is 0 Å². The van der Waals surface area contributed by atoms with Crippen LogP contribution in [-0.4, -0.2) is 29.3 Å². The molecule has 1 N–H and O–H groups in total. The molecule has 3 unspecified atom stereocenters. The van der Waals surface area contributed by atoms with Gasteiger partial charge in [0.1, 0.15) is 6.10 Å². The molecule has 1 fully saturated rings. The van der Waals surface area contributed by atoms with Crippen molar-refractivity contribution in [3.8, 4) is 0 Å². The highest BCUT2D eigenvalue weighted by atomic mass is 16.5. The fraction of sp³-hybridized carbons (Fsp3) is 0.909. The summed E-state index contributed by atoms with van der Waals surface area (Å²) >= 11 is 0. The van der Waals surface area contributed by atoms with Crippen molar-refractivity contribution >= 4 is 5.90 Å². The molecule has 0 aromatic rings. The second kappa shape index (κ2) is 3.23. The van der Waals surface area contributed by atoms with Crippen LogP contribution in [0.25, 0.3) is 0 Å². The highest BCUT2D eigenvalue weighted by Crippen LogP contribution is 2.33. The predicted molar refractivity (Wildman–Crippen MR) is 55.4 cm³/mol. The van der Waals surface area contributed by atoms with Crippen molar-refractivity contribution < 1.29 is 9.84 Å². The third kappa shape index (κ3) is 1.78. The lowest BCUT2D eigenvalue weighted by Crippen LogP contribution is -2.33. The maximum atomic E-state index is 9.52. The lowest BCUT2D eigenvalue weighted by molar-refractivity contribution is 0.0587. The van der Waals surface area contributed by atoms with E-state index in [1.165, 1.54) is 0 Å². The van der Waals surface area contributed by atoms with E-state index < -0.39 is 0 Å². The summed E-state index contributed by atoms with van der Waals surface area (Å²) in [5.74, 6) is 0.863. The van der Waals surface area contributed by atoms with Crippen molar-refractivity contribution in [2.24, 2.45) is 10.4 Å². The minimum absolute atomic E-state index is 0.00227. The van der Waals surface area contributed by atoms with Crippen LogP contribution in [0.1, 0.15) is 40.0 Å². The van der Waals surface area contributed by atoms with E-state index in [0.29, 0.717) is 0 Å². The van der Waals surface area contributed by atoms with Gasteiger partial charge < -0.3 is 9.84 Å². The number of fused-ring (bicyclic) bond motifs is 1. The lowest BCUT2D eigenvalue weighted by Gasteiger charge is -2.26. The monoisotopic (exact) mass is 197 g/mol. The summed E-state index contributed by atoms with van der Waals surface area (Å²) in [4.78, 5) is 4.57. The molecule has 0 saturated heterocycles. The minimum Gasteiger partial charge on any atom is -0.475 e. The molecule has 1 saturated carbocycles. The molecule has 0 spiro atoms. The third-order valence-electron chi connectivity index (χ3n) is 2.91. The van der Waals surface area contributed by atoms with Gasteiger partial charge in [0, 0.05) is 5.41 Å². The Labute approximate surface area is 85.2 Å². The molecule has 1 aliphatic heterocycles. The van der Waals surface area contributed by atoms with Gasteiger partial charge >= 0.3 is 0 Å². The van der Waals surface area contributed by atoms with Crippen LogP contribution < -0.4 is 0 Å². The minimum atomic E-state index is -0.178. The number of ether oxygens (including phenoxy) is 1. The molecular weight excluding hydrogens is 178 g/mol. The van der Waals surface area contributed by atoms with Crippen molar-refractivity contribution in [3.63, 3.8) is 0 Å². The molecule has 14 heavy (non-hydrogen) atoms. The Morgan fingerprint density at radius 3 is 2.71 bits per heavy atom. The Kier molecular flexibility index (Phi) is 2.30. The van der Waals surface area contributed by atoms with Crippen molar-refractivity contribution in [1.82, 2.24) is 0 Å². The van der Waals surface area contributed by atoms with Crippen LogP contribution in [0, 0.1) is 5.41 Å². The molecular formula is C11H19NO2. The number of aliphatic imine (C=N–C) groups is 1. The molecule has 80 valence electrons. The summed E-state index contributed by atoms with van der Waals surface area (Å²) in [5, 5.41) is 9.52. The van der Waals surface area contributed by atoms with Crippen LogP contribution in [0.15, 0.2) is 4.99 Å². The Hall–Kier alpha value is -0.570. The zero-order valence-electron chi connectivity index (χ0n) is 9.16. The van der Waals surface area contributed by atoms with Crippen molar-refractivity contribution in [2.45, 2.75) is 58.3 Å². The van der Waals surface area contributed by atoms with E-state index in [-0.39, 0.29) is 23.7 Å². The summed E-state index contributed by atoms with van der Waals surface area (Å²) in [6.45, 7) is 6.33. The van der Waals surface area contributed by atoms with Gasteiger partial charge in [0.15, 0.2) is 5.90 Å². The lowest BCUT2D eigenvalue weighted by atomic mass is 9.91. The third-order valence-corrected chi connectivity index (χ3v) is 2.91. The normalized spacial score (nSPS) is 37.4. The van der Waals surface area contributed by atoms with Gasteiger partial charge in [-0.1, -0.05) is 20.8 Å². The van der Waals surface area contributed by atoms with E-state index in [1.54, 1.807) is 0 Å². The smallest absolute Gasteiger partial charge is 0.189 e. The molecule has 0 aromatic carbocycles. The number of rotatable bonds is 0. The first-order valence-corrected chi connectivity index (χ1v) is 5.40. The van der Waals surface area contributed by atoms with Crippen LogP contribution in [0.4, 0.5) is 0 Å². The maximum Gasteiger partial charge on any atom is 0.189 e. The topological polar surface area (TPSA) is 41.8 Å².